The van der Waals surface area contributed by atoms with Crippen molar-refractivity contribution in [2.45, 2.75) is 17.7 Å². The fraction of sp³-hybridized carbons (Fsp3) is 0.455. The molecule has 1 aromatic carbocycles. The number of rotatable bonds is 6. The summed E-state index contributed by atoms with van der Waals surface area (Å²) in [6, 6.07) is 2.57. The Hall–Kier alpha value is -0.960. The smallest absolute Gasteiger partial charge is 0.273 e. The minimum atomic E-state index is -4.11. The molecule has 0 bridgehead atoms. The molecule has 0 aliphatic carbocycles. The minimum Gasteiger partial charge on any atom is -0.495 e. The Labute approximate surface area is 121 Å². The van der Waals surface area contributed by atoms with Crippen molar-refractivity contribution in [2.24, 2.45) is 5.73 Å². The molecule has 20 heavy (non-hydrogen) atoms. The number of halogens is 3. The zero-order valence-corrected chi connectivity index (χ0v) is 12.5. The summed E-state index contributed by atoms with van der Waals surface area (Å²) in [5, 5.41) is 0.0732. The van der Waals surface area contributed by atoms with Gasteiger partial charge in [-0.05, 0) is 24.6 Å². The molecule has 0 saturated carbocycles. The van der Waals surface area contributed by atoms with Crippen LogP contribution in [-0.4, -0.2) is 34.5 Å². The molecule has 114 valence electrons. The summed E-state index contributed by atoms with van der Waals surface area (Å²) >= 11 is 5.84. The predicted octanol–water partition coefficient (Wildman–Crippen LogP) is 1.53. The van der Waals surface area contributed by atoms with Crippen molar-refractivity contribution < 1.29 is 21.9 Å². The van der Waals surface area contributed by atoms with E-state index in [1.165, 1.54) is 20.1 Å². The van der Waals surface area contributed by atoms with Crippen LogP contribution in [0.25, 0.3) is 0 Å². The van der Waals surface area contributed by atoms with Crippen LogP contribution in [-0.2, 0) is 10.0 Å². The van der Waals surface area contributed by atoms with Gasteiger partial charge in [0.1, 0.15) is 5.75 Å². The van der Waals surface area contributed by atoms with Gasteiger partial charge in [-0.15, -0.1) is 0 Å². The van der Waals surface area contributed by atoms with Crippen molar-refractivity contribution in [1.82, 2.24) is 4.72 Å². The van der Waals surface area contributed by atoms with Gasteiger partial charge in [-0.3, -0.25) is 0 Å². The van der Waals surface area contributed by atoms with Gasteiger partial charge in [0.25, 0.3) is 5.92 Å². The maximum absolute atomic E-state index is 13.0. The molecule has 0 aliphatic heterocycles. The summed E-state index contributed by atoms with van der Waals surface area (Å²) in [7, 11) is -2.72. The van der Waals surface area contributed by atoms with E-state index >= 15 is 0 Å². The van der Waals surface area contributed by atoms with Gasteiger partial charge < -0.3 is 10.5 Å². The molecule has 9 heteroatoms. The standard InChI is InChI=1S/C11H15ClF2N2O3S/c1-7-3-9(19-2)8(12)4-10(7)20(17,18)16-6-11(13,14)5-15/h3-4,16H,5-6,15H2,1-2H3. The predicted molar refractivity (Wildman–Crippen MR) is 71.9 cm³/mol. The third-order valence-electron chi connectivity index (χ3n) is 2.56. The molecule has 0 saturated heterocycles. The quantitative estimate of drug-likeness (QED) is 0.829. The van der Waals surface area contributed by atoms with Gasteiger partial charge in [-0.1, -0.05) is 11.6 Å². The van der Waals surface area contributed by atoms with E-state index in [1.54, 1.807) is 0 Å². The van der Waals surface area contributed by atoms with Crippen molar-refractivity contribution in [3.05, 3.63) is 22.7 Å². The lowest BCUT2D eigenvalue weighted by Crippen LogP contribution is -2.41. The molecular weight excluding hydrogens is 314 g/mol. The molecule has 0 fully saturated rings. The van der Waals surface area contributed by atoms with E-state index in [1.807, 2.05) is 4.72 Å². The van der Waals surface area contributed by atoms with Crippen molar-refractivity contribution in [1.29, 1.82) is 0 Å². The molecule has 0 spiro atoms. The molecule has 0 atom stereocenters. The van der Waals surface area contributed by atoms with Crippen molar-refractivity contribution in [3.63, 3.8) is 0 Å². The molecule has 0 aromatic heterocycles. The number of sulfonamides is 1. The Morgan fingerprint density at radius 2 is 2.05 bits per heavy atom. The molecule has 3 N–H and O–H groups in total. The van der Waals surface area contributed by atoms with Crippen LogP contribution in [0.15, 0.2) is 17.0 Å². The van der Waals surface area contributed by atoms with Crippen LogP contribution in [0.4, 0.5) is 8.78 Å². The zero-order chi connectivity index (χ0) is 15.6. The molecule has 0 radical (unpaired) electrons. The number of hydrogen-bond donors (Lipinski definition) is 2. The molecule has 5 nitrogen and oxygen atoms in total. The highest BCUT2D eigenvalue weighted by Gasteiger charge is 2.30. The van der Waals surface area contributed by atoms with Gasteiger partial charge in [-0.2, -0.15) is 0 Å². The number of hydrogen-bond acceptors (Lipinski definition) is 4. The van der Waals surface area contributed by atoms with Crippen LogP contribution in [0.1, 0.15) is 5.56 Å². The van der Waals surface area contributed by atoms with Crippen LogP contribution in [0.3, 0.4) is 0 Å². The first-order valence-electron chi connectivity index (χ1n) is 5.54. The maximum Gasteiger partial charge on any atom is 0.273 e. The lowest BCUT2D eigenvalue weighted by atomic mass is 10.2. The Balaban J connectivity index is 3.08. The monoisotopic (exact) mass is 328 g/mol. The SMILES string of the molecule is COc1cc(C)c(S(=O)(=O)NCC(F)(F)CN)cc1Cl. The summed E-state index contributed by atoms with van der Waals surface area (Å²) < 4.78 is 56.7. The molecule has 0 heterocycles. The van der Waals surface area contributed by atoms with Gasteiger partial charge in [0, 0.05) is 0 Å². The largest absolute Gasteiger partial charge is 0.495 e. The van der Waals surface area contributed by atoms with E-state index in [0.29, 0.717) is 11.3 Å². The van der Waals surface area contributed by atoms with Crippen molar-refractivity contribution in [2.75, 3.05) is 20.2 Å². The normalized spacial score (nSPS) is 12.5. The van der Waals surface area contributed by atoms with Crippen molar-refractivity contribution >= 4 is 21.6 Å². The summed E-state index contributed by atoms with van der Waals surface area (Å²) in [4.78, 5) is -0.184. The second kappa shape index (κ2) is 6.21. The molecule has 0 unspecified atom stereocenters. The lowest BCUT2D eigenvalue weighted by Gasteiger charge is -2.16. The highest BCUT2D eigenvalue weighted by atomic mass is 35.5. The Morgan fingerprint density at radius 1 is 1.45 bits per heavy atom. The van der Waals surface area contributed by atoms with E-state index in [9.17, 15) is 17.2 Å². The van der Waals surface area contributed by atoms with Crippen LogP contribution >= 0.6 is 11.6 Å². The molecular formula is C11H15ClF2N2O3S. The maximum atomic E-state index is 13.0. The highest BCUT2D eigenvalue weighted by Crippen LogP contribution is 2.30. The molecule has 1 aromatic rings. The number of nitrogens with two attached hydrogens (primary N) is 1. The van der Waals surface area contributed by atoms with Gasteiger partial charge in [0.2, 0.25) is 10.0 Å². The van der Waals surface area contributed by atoms with E-state index in [-0.39, 0.29) is 9.92 Å². The third-order valence-corrected chi connectivity index (χ3v) is 4.40. The number of benzene rings is 1. The molecule has 0 amide bonds. The lowest BCUT2D eigenvalue weighted by molar-refractivity contribution is 0.0170. The van der Waals surface area contributed by atoms with Crippen LogP contribution in [0.5, 0.6) is 5.75 Å². The second-order valence-corrected chi connectivity index (χ2v) is 6.28. The fourth-order valence-electron chi connectivity index (χ4n) is 1.43. The van der Waals surface area contributed by atoms with Crippen LogP contribution in [0.2, 0.25) is 5.02 Å². The van der Waals surface area contributed by atoms with Gasteiger partial charge in [0.15, 0.2) is 0 Å². The van der Waals surface area contributed by atoms with Crippen LogP contribution < -0.4 is 15.2 Å². The van der Waals surface area contributed by atoms with Gasteiger partial charge >= 0.3 is 0 Å². The Kier molecular flexibility index (Phi) is 5.31. The first kappa shape index (κ1) is 17.1. The summed E-state index contributed by atoms with van der Waals surface area (Å²) in [5.41, 5.74) is 5.17. The fourth-order valence-corrected chi connectivity index (χ4v) is 3.05. The van der Waals surface area contributed by atoms with Crippen LogP contribution in [0, 0.1) is 6.92 Å². The summed E-state index contributed by atoms with van der Waals surface area (Å²) in [5.74, 6) is -3.01. The summed E-state index contributed by atoms with van der Waals surface area (Å²) in [6.07, 6.45) is 0. The second-order valence-electron chi connectivity index (χ2n) is 4.14. The summed E-state index contributed by atoms with van der Waals surface area (Å²) in [6.45, 7) is -0.513. The Morgan fingerprint density at radius 3 is 2.55 bits per heavy atom. The van der Waals surface area contributed by atoms with Gasteiger partial charge in [-0.25, -0.2) is 21.9 Å². The topological polar surface area (TPSA) is 81.4 Å². The van der Waals surface area contributed by atoms with E-state index in [2.05, 4.69) is 0 Å². The first-order chi connectivity index (χ1) is 9.13. The number of alkyl halides is 2. The molecule has 0 aliphatic rings. The minimum absolute atomic E-state index is 0.0732. The van der Waals surface area contributed by atoms with E-state index < -0.39 is 29.0 Å². The number of aryl methyl sites for hydroxylation is 1. The first-order valence-corrected chi connectivity index (χ1v) is 7.41. The van der Waals surface area contributed by atoms with Crippen molar-refractivity contribution in [3.8, 4) is 5.75 Å². The average molecular weight is 329 g/mol. The zero-order valence-electron chi connectivity index (χ0n) is 10.9. The highest BCUT2D eigenvalue weighted by molar-refractivity contribution is 7.89. The average Bonchev–Trinajstić information content (AvgIpc) is 2.39. The Bertz CT molecular complexity index is 594. The van der Waals surface area contributed by atoms with E-state index in [4.69, 9.17) is 22.1 Å². The third kappa shape index (κ3) is 4.02. The van der Waals surface area contributed by atoms with Gasteiger partial charge in [0.05, 0.1) is 30.1 Å². The van der Waals surface area contributed by atoms with E-state index in [0.717, 1.165) is 6.07 Å². The number of ether oxygens (including phenoxy) is 1. The number of nitrogens with one attached hydrogen (secondary N) is 1. The number of methoxy groups -OCH3 is 1. The molecule has 1 rings (SSSR count).